The predicted octanol–water partition coefficient (Wildman–Crippen LogP) is 3.91. The van der Waals surface area contributed by atoms with Crippen molar-refractivity contribution in [1.29, 1.82) is 0 Å². The summed E-state index contributed by atoms with van der Waals surface area (Å²) in [6.07, 6.45) is 1.24. The summed E-state index contributed by atoms with van der Waals surface area (Å²) in [6, 6.07) is 2.01. The Kier molecular flexibility index (Phi) is 4.42. The number of thiophene rings is 1. The maximum absolute atomic E-state index is 12.3. The molecule has 19 heavy (non-hydrogen) atoms. The number of halogens is 1. The van der Waals surface area contributed by atoms with Gasteiger partial charge in [0.1, 0.15) is 0 Å². The summed E-state index contributed by atoms with van der Waals surface area (Å²) in [4.78, 5) is 13.0. The molecule has 0 aliphatic carbocycles. The number of hydrogen-bond donors (Lipinski definition) is 0. The molecule has 2 heterocycles. The van der Waals surface area contributed by atoms with E-state index in [0.717, 1.165) is 29.9 Å². The average Bonchev–Trinajstić information content (AvgIpc) is 2.94. The van der Waals surface area contributed by atoms with Crippen LogP contribution in [0.25, 0.3) is 0 Å². The van der Waals surface area contributed by atoms with Crippen LogP contribution >= 0.6 is 22.9 Å². The van der Waals surface area contributed by atoms with Gasteiger partial charge in [-0.1, -0.05) is 18.5 Å². The molecule has 2 rings (SSSR count). The number of aryl methyl sites for hydroxylation is 3. The molecule has 0 amide bonds. The first-order valence-electron chi connectivity index (χ1n) is 6.39. The minimum atomic E-state index is 0.0698. The summed E-state index contributed by atoms with van der Waals surface area (Å²) in [7, 11) is 0. The molecule has 0 atom stereocenters. The Morgan fingerprint density at radius 3 is 2.74 bits per heavy atom. The van der Waals surface area contributed by atoms with Crippen LogP contribution in [0.2, 0.25) is 5.02 Å². The monoisotopic (exact) mass is 296 g/mol. The molecule has 0 aromatic carbocycles. The van der Waals surface area contributed by atoms with Crippen LogP contribution in [-0.2, 0) is 19.4 Å². The highest BCUT2D eigenvalue weighted by molar-refractivity contribution is 7.13. The molecule has 0 bridgehead atoms. The number of aromatic nitrogens is 2. The summed E-state index contributed by atoms with van der Waals surface area (Å²) in [5.41, 5.74) is 2.96. The minimum absolute atomic E-state index is 0.0698. The van der Waals surface area contributed by atoms with Crippen molar-refractivity contribution in [2.24, 2.45) is 0 Å². The Bertz CT molecular complexity index is 601. The van der Waals surface area contributed by atoms with Gasteiger partial charge in [0.15, 0.2) is 5.78 Å². The van der Waals surface area contributed by atoms with E-state index in [0.29, 0.717) is 16.3 Å². The lowest BCUT2D eigenvalue weighted by molar-refractivity contribution is 0.0994. The van der Waals surface area contributed by atoms with Crippen molar-refractivity contribution in [2.45, 2.75) is 40.2 Å². The highest BCUT2D eigenvalue weighted by Crippen LogP contribution is 2.28. The van der Waals surface area contributed by atoms with Crippen molar-refractivity contribution in [3.63, 3.8) is 0 Å². The van der Waals surface area contributed by atoms with E-state index in [-0.39, 0.29) is 5.78 Å². The standard InChI is InChI=1S/C14H17ClN2OS/c1-4-10-6-11(17(5-2)16-10)7-12(18)14-13(15)9(3)8-19-14/h6,8H,4-5,7H2,1-3H3. The number of rotatable bonds is 5. The lowest BCUT2D eigenvalue weighted by Crippen LogP contribution is -2.09. The first-order valence-corrected chi connectivity index (χ1v) is 7.64. The fourth-order valence-electron chi connectivity index (χ4n) is 1.97. The molecule has 2 aromatic heterocycles. The van der Waals surface area contributed by atoms with E-state index < -0.39 is 0 Å². The molecular formula is C14H17ClN2OS. The SMILES string of the molecule is CCc1cc(CC(=O)c2scc(C)c2Cl)n(CC)n1. The predicted molar refractivity (Wildman–Crippen MR) is 79.4 cm³/mol. The van der Waals surface area contributed by atoms with Gasteiger partial charge in [-0.05, 0) is 37.3 Å². The van der Waals surface area contributed by atoms with Gasteiger partial charge < -0.3 is 0 Å². The van der Waals surface area contributed by atoms with Gasteiger partial charge in [-0.15, -0.1) is 11.3 Å². The summed E-state index contributed by atoms with van der Waals surface area (Å²) in [6.45, 7) is 6.79. The zero-order chi connectivity index (χ0) is 14.0. The molecule has 0 N–H and O–H groups in total. The molecule has 0 spiro atoms. The number of nitrogens with zero attached hydrogens (tertiary/aromatic N) is 2. The molecule has 5 heteroatoms. The van der Waals surface area contributed by atoms with Crippen LogP contribution in [0.15, 0.2) is 11.4 Å². The molecule has 0 saturated carbocycles. The van der Waals surface area contributed by atoms with Gasteiger partial charge in [-0.25, -0.2) is 0 Å². The van der Waals surface area contributed by atoms with E-state index in [2.05, 4.69) is 12.0 Å². The summed E-state index contributed by atoms with van der Waals surface area (Å²) in [5.74, 6) is 0.0698. The third-order valence-corrected chi connectivity index (χ3v) is 4.81. The lowest BCUT2D eigenvalue weighted by atomic mass is 10.1. The third kappa shape index (κ3) is 2.90. The van der Waals surface area contributed by atoms with Crippen LogP contribution in [0.5, 0.6) is 0 Å². The molecule has 0 unspecified atom stereocenters. The Morgan fingerprint density at radius 1 is 1.47 bits per heavy atom. The fraction of sp³-hybridized carbons (Fsp3) is 0.429. The smallest absolute Gasteiger partial charge is 0.180 e. The quantitative estimate of drug-likeness (QED) is 0.784. The number of carbonyl (C=O) groups excluding carboxylic acids is 1. The van der Waals surface area contributed by atoms with Gasteiger partial charge in [0.2, 0.25) is 0 Å². The zero-order valence-electron chi connectivity index (χ0n) is 11.4. The average molecular weight is 297 g/mol. The van der Waals surface area contributed by atoms with Crippen molar-refractivity contribution in [3.05, 3.63) is 38.3 Å². The maximum atomic E-state index is 12.3. The molecule has 2 aromatic rings. The number of hydrogen-bond acceptors (Lipinski definition) is 3. The molecule has 0 saturated heterocycles. The number of Topliss-reactive ketones (excluding diaryl/α,β-unsaturated/α-hetero) is 1. The summed E-state index contributed by atoms with van der Waals surface area (Å²) in [5, 5.41) is 6.97. The van der Waals surface area contributed by atoms with Crippen molar-refractivity contribution >= 4 is 28.7 Å². The van der Waals surface area contributed by atoms with Crippen LogP contribution in [0.1, 0.15) is 40.5 Å². The van der Waals surface area contributed by atoms with Crippen molar-refractivity contribution < 1.29 is 4.79 Å². The Hall–Kier alpha value is -1.13. The van der Waals surface area contributed by atoms with E-state index >= 15 is 0 Å². The van der Waals surface area contributed by atoms with E-state index in [4.69, 9.17) is 11.6 Å². The van der Waals surface area contributed by atoms with E-state index in [9.17, 15) is 4.79 Å². The van der Waals surface area contributed by atoms with E-state index in [1.165, 1.54) is 11.3 Å². The molecule has 0 fully saturated rings. The summed E-state index contributed by atoms with van der Waals surface area (Å²) >= 11 is 7.56. The Morgan fingerprint density at radius 2 is 2.21 bits per heavy atom. The maximum Gasteiger partial charge on any atom is 0.180 e. The number of carbonyl (C=O) groups is 1. The van der Waals surface area contributed by atoms with Crippen molar-refractivity contribution in [1.82, 2.24) is 9.78 Å². The van der Waals surface area contributed by atoms with Crippen LogP contribution in [0.4, 0.5) is 0 Å². The van der Waals surface area contributed by atoms with E-state index in [1.54, 1.807) is 0 Å². The zero-order valence-corrected chi connectivity index (χ0v) is 12.9. The molecule has 0 radical (unpaired) electrons. The van der Waals surface area contributed by atoms with Crippen molar-refractivity contribution in [3.8, 4) is 0 Å². The number of ketones is 1. The van der Waals surface area contributed by atoms with Gasteiger partial charge in [-0.3, -0.25) is 9.48 Å². The normalized spacial score (nSPS) is 10.9. The van der Waals surface area contributed by atoms with Gasteiger partial charge in [-0.2, -0.15) is 5.10 Å². The first kappa shape index (κ1) is 14.3. The molecule has 3 nitrogen and oxygen atoms in total. The first-order chi connectivity index (χ1) is 9.06. The van der Waals surface area contributed by atoms with Gasteiger partial charge in [0.25, 0.3) is 0 Å². The fourth-order valence-corrected chi connectivity index (χ4v) is 3.21. The molecular weight excluding hydrogens is 280 g/mol. The van der Waals surface area contributed by atoms with Crippen molar-refractivity contribution in [2.75, 3.05) is 0 Å². The Balaban J connectivity index is 2.23. The summed E-state index contributed by atoms with van der Waals surface area (Å²) < 4.78 is 1.89. The van der Waals surface area contributed by atoms with Crippen LogP contribution in [0, 0.1) is 6.92 Å². The Labute approximate surface area is 122 Å². The highest BCUT2D eigenvalue weighted by atomic mass is 35.5. The topological polar surface area (TPSA) is 34.9 Å². The van der Waals surface area contributed by atoms with Crippen LogP contribution in [0.3, 0.4) is 0 Å². The largest absolute Gasteiger partial charge is 0.293 e. The second kappa shape index (κ2) is 5.88. The molecule has 0 aliphatic heterocycles. The van der Waals surface area contributed by atoms with Crippen LogP contribution in [-0.4, -0.2) is 15.6 Å². The second-order valence-corrected chi connectivity index (χ2v) is 5.72. The van der Waals surface area contributed by atoms with E-state index in [1.807, 2.05) is 30.0 Å². The second-order valence-electron chi connectivity index (χ2n) is 4.46. The van der Waals surface area contributed by atoms with Crippen LogP contribution < -0.4 is 0 Å². The highest BCUT2D eigenvalue weighted by Gasteiger charge is 2.17. The molecule has 102 valence electrons. The van der Waals surface area contributed by atoms with Gasteiger partial charge in [0.05, 0.1) is 22.0 Å². The van der Waals surface area contributed by atoms with Gasteiger partial charge in [0, 0.05) is 12.2 Å². The molecule has 0 aliphatic rings. The lowest BCUT2D eigenvalue weighted by Gasteiger charge is -2.03. The van der Waals surface area contributed by atoms with Gasteiger partial charge >= 0.3 is 0 Å². The third-order valence-electron chi connectivity index (χ3n) is 3.07. The minimum Gasteiger partial charge on any atom is -0.293 e.